The Labute approximate surface area is 119 Å². The van der Waals surface area contributed by atoms with Crippen LogP contribution in [-0.4, -0.2) is 24.0 Å². The van der Waals surface area contributed by atoms with E-state index in [1.165, 1.54) is 10.5 Å². The number of hydrogen-bond donors (Lipinski definition) is 1. The van der Waals surface area contributed by atoms with Crippen LogP contribution in [0.1, 0.15) is 12.0 Å². The predicted octanol–water partition coefficient (Wildman–Crippen LogP) is 2.00. The Kier molecular flexibility index (Phi) is 4.85. The SMILES string of the molecule is CN(C(=O)C(N)CCc1ccccc1)c1ccccn1. The fourth-order valence-electron chi connectivity index (χ4n) is 2.00. The van der Waals surface area contributed by atoms with Crippen molar-refractivity contribution >= 4 is 11.7 Å². The van der Waals surface area contributed by atoms with E-state index in [1.807, 2.05) is 42.5 Å². The van der Waals surface area contributed by atoms with Crippen molar-refractivity contribution in [3.05, 3.63) is 60.3 Å². The Hall–Kier alpha value is -2.20. The number of benzene rings is 1. The summed E-state index contributed by atoms with van der Waals surface area (Å²) in [6.45, 7) is 0. The first-order valence-corrected chi connectivity index (χ1v) is 6.66. The van der Waals surface area contributed by atoms with E-state index in [9.17, 15) is 4.79 Å². The van der Waals surface area contributed by atoms with Crippen molar-refractivity contribution in [2.75, 3.05) is 11.9 Å². The number of hydrogen-bond acceptors (Lipinski definition) is 3. The number of carbonyl (C=O) groups excluding carboxylic acids is 1. The molecule has 0 bridgehead atoms. The largest absolute Gasteiger partial charge is 0.320 e. The van der Waals surface area contributed by atoms with Crippen molar-refractivity contribution in [1.29, 1.82) is 0 Å². The molecule has 1 aromatic carbocycles. The van der Waals surface area contributed by atoms with Crippen molar-refractivity contribution in [3.63, 3.8) is 0 Å². The second kappa shape index (κ2) is 6.82. The normalized spacial score (nSPS) is 11.9. The number of anilines is 1. The van der Waals surface area contributed by atoms with Crippen LogP contribution in [0, 0.1) is 0 Å². The third kappa shape index (κ3) is 3.65. The van der Waals surface area contributed by atoms with Crippen LogP contribution in [0.2, 0.25) is 0 Å². The summed E-state index contributed by atoms with van der Waals surface area (Å²) in [5.74, 6) is 0.507. The molecule has 4 nitrogen and oxygen atoms in total. The molecular formula is C16H19N3O. The molecule has 0 aliphatic heterocycles. The Morgan fingerprint density at radius 1 is 1.20 bits per heavy atom. The van der Waals surface area contributed by atoms with E-state index in [4.69, 9.17) is 5.73 Å². The highest BCUT2D eigenvalue weighted by molar-refractivity contribution is 5.95. The number of nitrogens with zero attached hydrogens (tertiary/aromatic N) is 2. The zero-order valence-corrected chi connectivity index (χ0v) is 11.6. The lowest BCUT2D eigenvalue weighted by Crippen LogP contribution is -2.42. The number of likely N-dealkylation sites (N-methyl/N-ethyl adjacent to an activating group) is 1. The van der Waals surface area contributed by atoms with Crippen LogP contribution in [0.15, 0.2) is 54.7 Å². The number of nitrogens with two attached hydrogens (primary N) is 1. The van der Waals surface area contributed by atoms with Crippen LogP contribution in [0.5, 0.6) is 0 Å². The van der Waals surface area contributed by atoms with Gasteiger partial charge in [0.05, 0.1) is 6.04 Å². The number of carbonyl (C=O) groups is 1. The summed E-state index contributed by atoms with van der Waals surface area (Å²) in [4.78, 5) is 17.9. The van der Waals surface area contributed by atoms with Gasteiger partial charge < -0.3 is 5.73 Å². The van der Waals surface area contributed by atoms with Crippen molar-refractivity contribution < 1.29 is 4.79 Å². The second-order valence-electron chi connectivity index (χ2n) is 4.72. The second-order valence-corrected chi connectivity index (χ2v) is 4.72. The zero-order valence-electron chi connectivity index (χ0n) is 11.6. The topological polar surface area (TPSA) is 59.2 Å². The number of pyridine rings is 1. The van der Waals surface area contributed by atoms with Crippen LogP contribution in [0.4, 0.5) is 5.82 Å². The minimum atomic E-state index is -0.512. The van der Waals surface area contributed by atoms with Gasteiger partial charge in [-0.15, -0.1) is 0 Å². The lowest BCUT2D eigenvalue weighted by atomic mass is 10.1. The highest BCUT2D eigenvalue weighted by Crippen LogP contribution is 2.10. The maximum atomic E-state index is 12.2. The monoisotopic (exact) mass is 269 g/mol. The molecule has 0 radical (unpaired) electrons. The lowest BCUT2D eigenvalue weighted by molar-refractivity contribution is -0.119. The van der Waals surface area contributed by atoms with Gasteiger partial charge in [-0.25, -0.2) is 4.98 Å². The molecule has 20 heavy (non-hydrogen) atoms. The van der Waals surface area contributed by atoms with Gasteiger partial charge in [0.2, 0.25) is 5.91 Å². The molecule has 1 atom stereocenters. The first-order valence-electron chi connectivity index (χ1n) is 6.66. The summed E-state index contributed by atoms with van der Waals surface area (Å²) in [7, 11) is 1.70. The summed E-state index contributed by atoms with van der Waals surface area (Å²) in [6.07, 6.45) is 3.08. The van der Waals surface area contributed by atoms with Crippen molar-refractivity contribution in [2.45, 2.75) is 18.9 Å². The molecule has 4 heteroatoms. The fourth-order valence-corrected chi connectivity index (χ4v) is 2.00. The molecule has 1 aromatic heterocycles. The van der Waals surface area contributed by atoms with Gasteiger partial charge >= 0.3 is 0 Å². The van der Waals surface area contributed by atoms with Crippen LogP contribution in [0.25, 0.3) is 0 Å². The summed E-state index contributed by atoms with van der Waals surface area (Å²) in [5, 5.41) is 0. The van der Waals surface area contributed by atoms with E-state index < -0.39 is 6.04 Å². The number of amides is 1. The minimum absolute atomic E-state index is 0.111. The summed E-state index contributed by atoms with van der Waals surface area (Å²) in [5.41, 5.74) is 7.18. The maximum absolute atomic E-state index is 12.2. The molecule has 2 N–H and O–H groups in total. The molecule has 0 saturated heterocycles. The third-order valence-electron chi connectivity index (χ3n) is 3.23. The van der Waals surface area contributed by atoms with Crippen molar-refractivity contribution in [2.24, 2.45) is 5.73 Å². The van der Waals surface area contributed by atoms with Gasteiger partial charge in [0.1, 0.15) is 5.82 Å². The minimum Gasteiger partial charge on any atom is -0.320 e. The van der Waals surface area contributed by atoms with Crippen LogP contribution < -0.4 is 10.6 Å². The molecule has 0 spiro atoms. The lowest BCUT2D eigenvalue weighted by Gasteiger charge is -2.20. The highest BCUT2D eigenvalue weighted by atomic mass is 16.2. The van der Waals surface area contributed by atoms with E-state index in [2.05, 4.69) is 4.98 Å². The van der Waals surface area contributed by atoms with Crippen LogP contribution >= 0.6 is 0 Å². The van der Waals surface area contributed by atoms with Gasteiger partial charge in [-0.1, -0.05) is 36.4 Å². The Balaban J connectivity index is 1.92. The molecule has 1 unspecified atom stereocenters. The Bertz CT molecular complexity index is 542. The molecule has 0 aliphatic carbocycles. The van der Waals surface area contributed by atoms with Gasteiger partial charge in [0.15, 0.2) is 0 Å². The third-order valence-corrected chi connectivity index (χ3v) is 3.23. The molecule has 2 aromatic rings. The highest BCUT2D eigenvalue weighted by Gasteiger charge is 2.19. The molecule has 104 valence electrons. The zero-order chi connectivity index (χ0) is 14.4. The molecule has 0 aliphatic rings. The summed E-state index contributed by atoms with van der Waals surface area (Å²) >= 11 is 0. The molecule has 1 heterocycles. The van der Waals surface area contributed by atoms with E-state index in [-0.39, 0.29) is 5.91 Å². The molecule has 2 rings (SSSR count). The van der Waals surface area contributed by atoms with Gasteiger partial charge in [-0.05, 0) is 30.5 Å². The van der Waals surface area contributed by atoms with Gasteiger partial charge in [0, 0.05) is 13.2 Å². The van der Waals surface area contributed by atoms with Gasteiger partial charge in [0.25, 0.3) is 0 Å². The summed E-state index contributed by atoms with van der Waals surface area (Å²) < 4.78 is 0. The van der Waals surface area contributed by atoms with E-state index in [1.54, 1.807) is 19.3 Å². The smallest absolute Gasteiger partial charge is 0.244 e. The predicted molar refractivity (Wildman–Crippen MR) is 80.4 cm³/mol. The van der Waals surface area contributed by atoms with E-state index >= 15 is 0 Å². The fraction of sp³-hybridized carbons (Fsp3) is 0.250. The Morgan fingerprint density at radius 2 is 1.90 bits per heavy atom. The maximum Gasteiger partial charge on any atom is 0.244 e. The molecule has 0 fully saturated rings. The molecule has 0 saturated carbocycles. The number of rotatable bonds is 5. The molecular weight excluding hydrogens is 250 g/mol. The van der Waals surface area contributed by atoms with Crippen LogP contribution in [0.3, 0.4) is 0 Å². The number of aromatic nitrogens is 1. The molecule has 1 amide bonds. The standard InChI is InChI=1S/C16H19N3O/c1-19(15-9-5-6-12-18-15)16(20)14(17)11-10-13-7-3-2-4-8-13/h2-9,12,14H,10-11,17H2,1H3. The average molecular weight is 269 g/mol. The van der Waals surface area contributed by atoms with Crippen molar-refractivity contribution in [3.8, 4) is 0 Å². The van der Waals surface area contributed by atoms with E-state index in [0.717, 1.165) is 6.42 Å². The Morgan fingerprint density at radius 3 is 2.55 bits per heavy atom. The summed E-state index contributed by atoms with van der Waals surface area (Å²) in [6, 6.07) is 15.0. The van der Waals surface area contributed by atoms with Gasteiger partial charge in [-0.2, -0.15) is 0 Å². The van der Waals surface area contributed by atoms with E-state index in [0.29, 0.717) is 12.2 Å². The average Bonchev–Trinajstić information content (AvgIpc) is 2.53. The quantitative estimate of drug-likeness (QED) is 0.903. The first-order chi connectivity index (χ1) is 9.68. The van der Waals surface area contributed by atoms with Gasteiger partial charge in [-0.3, -0.25) is 9.69 Å². The van der Waals surface area contributed by atoms with Crippen LogP contribution in [-0.2, 0) is 11.2 Å². The first kappa shape index (κ1) is 14.2. The van der Waals surface area contributed by atoms with Crippen molar-refractivity contribution in [1.82, 2.24) is 4.98 Å². The number of aryl methyl sites for hydroxylation is 1.